The zero-order valence-corrected chi connectivity index (χ0v) is 17.3. The van der Waals surface area contributed by atoms with E-state index in [2.05, 4.69) is 27.0 Å². The van der Waals surface area contributed by atoms with Gasteiger partial charge in [0.1, 0.15) is 16.1 Å². The number of halogens is 2. The molecule has 0 amide bonds. The van der Waals surface area contributed by atoms with Crippen LogP contribution in [0.4, 0.5) is 4.39 Å². The van der Waals surface area contributed by atoms with Gasteiger partial charge in [-0.25, -0.2) is 9.37 Å². The van der Waals surface area contributed by atoms with Gasteiger partial charge in [-0.3, -0.25) is 9.36 Å². The van der Waals surface area contributed by atoms with Crippen LogP contribution in [0.2, 0.25) is 0 Å². The summed E-state index contributed by atoms with van der Waals surface area (Å²) in [5.41, 5.74) is 2.61. The van der Waals surface area contributed by atoms with Crippen LogP contribution >= 0.6 is 15.9 Å². The fourth-order valence-electron chi connectivity index (χ4n) is 3.12. The second-order valence-corrected chi connectivity index (χ2v) is 7.33. The second kappa shape index (κ2) is 8.49. The molecular formula is C22H19BrFN3O. The van der Waals surface area contributed by atoms with E-state index < -0.39 is 5.82 Å². The van der Waals surface area contributed by atoms with Gasteiger partial charge in [-0.05, 0) is 52.5 Å². The van der Waals surface area contributed by atoms with Crippen LogP contribution in [0.15, 0.2) is 51.7 Å². The summed E-state index contributed by atoms with van der Waals surface area (Å²) >= 11 is 3.28. The summed E-state index contributed by atoms with van der Waals surface area (Å²) in [5.74, 6) is 0.225. The van der Waals surface area contributed by atoms with E-state index in [9.17, 15) is 14.4 Å². The molecule has 3 rings (SSSR count). The summed E-state index contributed by atoms with van der Waals surface area (Å²) in [6.07, 6.45) is 1.47. The van der Waals surface area contributed by atoms with Crippen LogP contribution in [0, 0.1) is 24.1 Å². The van der Waals surface area contributed by atoms with Crippen molar-refractivity contribution in [2.45, 2.75) is 33.2 Å². The lowest BCUT2D eigenvalue weighted by molar-refractivity contribution is 0.580. The SMILES string of the molecule is CCCc1nc(C)c(Br)c(=O)n1Cc1ccc(-c2ccccc2C#N)cc1F. The molecule has 3 aromatic rings. The zero-order chi connectivity index (χ0) is 20.3. The molecule has 1 aromatic heterocycles. The average molecular weight is 440 g/mol. The first kappa shape index (κ1) is 20.0. The van der Waals surface area contributed by atoms with Crippen LogP contribution in [0.5, 0.6) is 0 Å². The van der Waals surface area contributed by atoms with E-state index in [-0.39, 0.29) is 12.1 Å². The Morgan fingerprint density at radius 1 is 1.25 bits per heavy atom. The highest BCUT2D eigenvalue weighted by Crippen LogP contribution is 2.25. The molecule has 142 valence electrons. The quantitative estimate of drug-likeness (QED) is 0.562. The predicted molar refractivity (Wildman–Crippen MR) is 111 cm³/mol. The summed E-state index contributed by atoms with van der Waals surface area (Å²) < 4.78 is 16.8. The molecule has 0 fully saturated rings. The Labute approximate surface area is 171 Å². The van der Waals surface area contributed by atoms with Crippen LogP contribution in [0.1, 0.15) is 36.0 Å². The summed E-state index contributed by atoms with van der Waals surface area (Å²) in [6.45, 7) is 3.89. The van der Waals surface area contributed by atoms with Gasteiger partial charge in [-0.15, -0.1) is 0 Å². The van der Waals surface area contributed by atoms with Gasteiger partial charge in [0.05, 0.1) is 23.9 Å². The molecule has 0 aliphatic heterocycles. The van der Waals surface area contributed by atoms with E-state index in [1.54, 1.807) is 37.3 Å². The molecule has 2 aromatic carbocycles. The average Bonchev–Trinajstić information content (AvgIpc) is 2.70. The van der Waals surface area contributed by atoms with Gasteiger partial charge < -0.3 is 0 Å². The van der Waals surface area contributed by atoms with E-state index in [0.717, 1.165) is 6.42 Å². The normalized spacial score (nSPS) is 10.7. The van der Waals surface area contributed by atoms with E-state index in [1.165, 1.54) is 10.6 Å². The van der Waals surface area contributed by atoms with Crippen molar-refractivity contribution in [2.75, 3.05) is 0 Å². The number of aromatic nitrogens is 2. The third kappa shape index (κ3) is 3.90. The molecule has 0 radical (unpaired) electrons. The Morgan fingerprint density at radius 2 is 2.00 bits per heavy atom. The van der Waals surface area contributed by atoms with Crippen molar-refractivity contribution in [3.05, 3.63) is 85.8 Å². The van der Waals surface area contributed by atoms with Crippen molar-refractivity contribution >= 4 is 15.9 Å². The summed E-state index contributed by atoms with van der Waals surface area (Å²) in [4.78, 5) is 17.2. The molecule has 0 spiro atoms. The first-order chi connectivity index (χ1) is 13.5. The van der Waals surface area contributed by atoms with Crippen molar-refractivity contribution in [1.29, 1.82) is 5.26 Å². The molecule has 6 heteroatoms. The molecule has 0 saturated carbocycles. The molecule has 4 nitrogen and oxygen atoms in total. The standard InChI is InChI=1S/C22H19BrFN3O/c1-3-6-20-26-14(2)21(23)22(28)27(20)13-17-10-9-15(11-19(17)24)18-8-5-4-7-16(18)12-25/h4-5,7-11H,3,6,13H2,1-2H3. The van der Waals surface area contributed by atoms with Crippen molar-refractivity contribution in [3.8, 4) is 17.2 Å². The third-order valence-corrected chi connectivity index (χ3v) is 5.49. The van der Waals surface area contributed by atoms with Crippen LogP contribution in [0.25, 0.3) is 11.1 Å². The topological polar surface area (TPSA) is 58.7 Å². The zero-order valence-electron chi connectivity index (χ0n) is 15.7. The number of rotatable bonds is 5. The lowest BCUT2D eigenvalue weighted by Crippen LogP contribution is -2.27. The summed E-state index contributed by atoms with van der Waals surface area (Å²) in [7, 11) is 0. The highest BCUT2D eigenvalue weighted by molar-refractivity contribution is 9.10. The van der Waals surface area contributed by atoms with E-state index in [1.807, 2.05) is 13.0 Å². The van der Waals surface area contributed by atoms with Crippen molar-refractivity contribution < 1.29 is 4.39 Å². The number of hydrogen-bond donors (Lipinski definition) is 0. The molecule has 0 saturated heterocycles. The summed E-state index contributed by atoms with van der Waals surface area (Å²) in [5, 5.41) is 9.27. The van der Waals surface area contributed by atoms with Gasteiger partial charge in [0.15, 0.2) is 0 Å². The van der Waals surface area contributed by atoms with Gasteiger partial charge in [0, 0.05) is 12.0 Å². The number of benzene rings is 2. The van der Waals surface area contributed by atoms with Gasteiger partial charge in [0.2, 0.25) is 0 Å². The largest absolute Gasteiger partial charge is 0.291 e. The van der Waals surface area contributed by atoms with Gasteiger partial charge in [-0.2, -0.15) is 5.26 Å². The van der Waals surface area contributed by atoms with Crippen molar-refractivity contribution in [1.82, 2.24) is 9.55 Å². The number of aryl methyl sites for hydroxylation is 2. The third-order valence-electron chi connectivity index (χ3n) is 4.57. The molecule has 0 aliphatic rings. The number of nitriles is 1. The maximum atomic E-state index is 14.9. The summed E-state index contributed by atoms with van der Waals surface area (Å²) in [6, 6.07) is 14.1. The molecular weight excluding hydrogens is 421 g/mol. The first-order valence-electron chi connectivity index (χ1n) is 9.00. The molecule has 28 heavy (non-hydrogen) atoms. The number of nitrogens with zero attached hydrogens (tertiary/aromatic N) is 3. The molecule has 0 unspecified atom stereocenters. The second-order valence-electron chi connectivity index (χ2n) is 6.53. The van der Waals surface area contributed by atoms with Gasteiger partial charge in [0.25, 0.3) is 5.56 Å². The molecule has 0 bridgehead atoms. The Bertz CT molecular complexity index is 1130. The lowest BCUT2D eigenvalue weighted by Gasteiger charge is -2.15. The van der Waals surface area contributed by atoms with E-state index in [4.69, 9.17) is 0 Å². The number of hydrogen-bond acceptors (Lipinski definition) is 3. The highest BCUT2D eigenvalue weighted by Gasteiger charge is 2.15. The van der Waals surface area contributed by atoms with E-state index in [0.29, 0.717) is 44.7 Å². The Kier molecular flexibility index (Phi) is 6.05. The van der Waals surface area contributed by atoms with Crippen LogP contribution in [0.3, 0.4) is 0 Å². The highest BCUT2D eigenvalue weighted by atomic mass is 79.9. The van der Waals surface area contributed by atoms with Crippen molar-refractivity contribution in [3.63, 3.8) is 0 Å². The molecule has 0 aliphatic carbocycles. The maximum absolute atomic E-state index is 14.9. The first-order valence-corrected chi connectivity index (χ1v) is 9.79. The predicted octanol–water partition coefficient (Wildman–Crippen LogP) is 4.99. The smallest absolute Gasteiger partial charge is 0.268 e. The Balaban J connectivity index is 2.03. The molecule has 1 heterocycles. The fourth-order valence-corrected chi connectivity index (χ4v) is 3.42. The monoisotopic (exact) mass is 439 g/mol. The minimum absolute atomic E-state index is 0.103. The van der Waals surface area contributed by atoms with Gasteiger partial charge in [-0.1, -0.05) is 37.3 Å². The molecule has 0 atom stereocenters. The van der Waals surface area contributed by atoms with Gasteiger partial charge >= 0.3 is 0 Å². The Hall–Kier alpha value is -2.78. The maximum Gasteiger partial charge on any atom is 0.268 e. The van der Waals surface area contributed by atoms with Crippen LogP contribution in [-0.2, 0) is 13.0 Å². The van der Waals surface area contributed by atoms with E-state index >= 15 is 0 Å². The van der Waals surface area contributed by atoms with Crippen molar-refractivity contribution in [2.24, 2.45) is 0 Å². The van der Waals surface area contributed by atoms with Crippen LogP contribution < -0.4 is 5.56 Å². The minimum Gasteiger partial charge on any atom is -0.291 e. The minimum atomic E-state index is -0.420. The molecule has 0 N–H and O–H groups in total. The fraction of sp³-hybridized carbons (Fsp3) is 0.227. The van der Waals surface area contributed by atoms with Crippen LogP contribution in [-0.4, -0.2) is 9.55 Å². The Morgan fingerprint density at radius 3 is 2.68 bits per heavy atom. The lowest BCUT2D eigenvalue weighted by atomic mass is 9.99.